The number of hydrogen-bond acceptors (Lipinski definition) is 6. The molecule has 1 amide bonds. The first-order valence-electron chi connectivity index (χ1n) is 8.54. The molecule has 1 atom stereocenters. The number of ether oxygens (including phenoxy) is 2. The minimum absolute atomic E-state index is 0.0117. The first-order chi connectivity index (χ1) is 12.2. The first kappa shape index (κ1) is 17.3. The third kappa shape index (κ3) is 4.99. The van der Waals surface area contributed by atoms with E-state index in [2.05, 4.69) is 15.4 Å². The van der Waals surface area contributed by atoms with Gasteiger partial charge in [-0.3, -0.25) is 4.79 Å². The summed E-state index contributed by atoms with van der Waals surface area (Å²) in [4.78, 5) is 15.6. The van der Waals surface area contributed by atoms with Gasteiger partial charge in [0.2, 0.25) is 11.7 Å². The highest BCUT2D eigenvalue weighted by atomic mass is 16.5. The fraction of sp³-hybridized carbons (Fsp3) is 0.529. The summed E-state index contributed by atoms with van der Waals surface area (Å²) in [6, 6.07) is 9.43. The molecule has 0 bridgehead atoms. The maximum Gasteiger partial charge on any atom is 0.246 e. The summed E-state index contributed by atoms with van der Waals surface area (Å²) in [5, 5.41) is 12.1. The summed E-state index contributed by atoms with van der Waals surface area (Å²) in [6.07, 6.45) is 1.01. The lowest BCUT2D eigenvalue weighted by molar-refractivity contribution is -0.132. The molecule has 1 aromatic carbocycles. The molecule has 2 aromatic rings. The predicted octanol–water partition coefficient (Wildman–Crippen LogP) is 1.14. The smallest absolute Gasteiger partial charge is 0.246 e. The first-order valence-corrected chi connectivity index (χ1v) is 8.54. The van der Waals surface area contributed by atoms with Crippen molar-refractivity contribution in [3.8, 4) is 5.75 Å². The molecule has 1 aliphatic rings. The molecule has 1 aromatic heterocycles. The van der Waals surface area contributed by atoms with Crippen molar-refractivity contribution in [1.82, 2.24) is 25.1 Å². The number of para-hydroxylation sites is 1. The van der Waals surface area contributed by atoms with Gasteiger partial charge in [0.1, 0.15) is 12.3 Å². The molecule has 3 rings (SSSR count). The number of amides is 1. The zero-order valence-corrected chi connectivity index (χ0v) is 14.4. The van der Waals surface area contributed by atoms with Gasteiger partial charge in [-0.2, -0.15) is 4.80 Å². The molecule has 8 nitrogen and oxygen atoms in total. The van der Waals surface area contributed by atoms with Crippen molar-refractivity contribution >= 4 is 5.91 Å². The van der Waals surface area contributed by atoms with Crippen LogP contribution < -0.4 is 4.74 Å². The van der Waals surface area contributed by atoms with Gasteiger partial charge in [0.25, 0.3) is 0 Å². The fourth-order valence-corrected chi connectivity index (χ4v) is 2.73. The summed E-state index contributed by atoms with van der Waals surface area (Å²) in [5.74, 6) is 1.60. The minimum Gasteiger partial charge on any atom is -0.485 e. The second-order valence-electron chi connectivity index (χ2n) is 6.00. The fourth-order valence-electron chi connectivity index (χ4n) is 2.73. The van der Waals surface area contributed by atoms with Crippen LogP contribution in [-0.4, -0.2) is 57.3 Å². The van der Waals surface area contributed by atoms with Crippen molar-refractivity contribution < 1.29 is 14.3 Å². The van der Waals surface area contributed by atoms with Gasteiger partial charge in [0.15, 0.2) is 6.61 Å². The van der Waals surface area contributed by atoms with Crippen LogP contribution in [0.3, 0.4) is 0 Å². The number of tetrazole rings is 1. The van der Waals surface area contributed by atoms with Gasteiger partial charge in [-0.25, -0.2) is 0 Å². The number of carbonyl (C=O) groups excluding carboxylic acids is 1. The Labute approximate surface area is 146 Å². The maximum absolute atomic E-state index is 12.4. The molecule has 1 saturated heterocycles. The van der Waals surface area contributed by atoms with E-state index in [0.29, 0.717) is 24.8 Å². The summed E-state index contributed by atoms with van der Waals surface area (Å²) < 4.78 is 11.0. The van der Waals surface area contributed by atoms with Crippen molar-refractivity contribution in [1.29, 1.82) is 0 Å². The van der Waals surface area contributed by atoms with E-state index in [9.17, 15) is 4.79 Å². The summed E-state index contributed by atoms with van der Waals surface area (Å²) >= 11 is 0. The van der Waals surface area contributed by atoms with E-state index >= 15 is 0 Å². The van der Waals surface area contributed by atoms with Crippen LogP contribution in [0, 0.1) is 5.92 Å². The second-order valence-corrected chi connectivity index (χ2v) is 6.00. The number of benzene rings is 1. The van der Waals surface area contributed by atoms with Crippen LogP contribution in [0.2, 0.25) is 0 Å². The van der Waals surface area contributed by atoms with Gasteiger partial charge in [0, 0.05) is 25.6 Å². The van der Waals surface area contributed by atoms with Gasteiger partial charge in [0.05, 0.1) is 6.61 Å². The Balaban J connectivity index is 1.50. The van der Waals surface area contributed by atoms with E-state index in [0.717, 1.165) is 25.4 Å². The third-order valence-electron chi connectivity index (χ3n) is 4.12. The normalized spacial score (nSPS) is 16.8. The average molecular weight is 345 g/mol. The summed E-state index contributed by atoms with van der Waals surface area (Å²) in [7, 11) is 0. The SMILES string of the molecule is CCN(CC1CCOC1)C(=O)Cn1nnc(COc2ccccc2)n1. The number of nitrogens with zero attached hydrogens (tertiary/aromatic N) is 5. The molecule has 0 saturated carbocycles. The Hall–Kier alpha value is -2.48. The molecule has 0 spiro atoms. The molecule has 0 N–H and O–H groups in total. The van der Waals surface area contributed by atoms with E-state index in [1.165, 1.54) is 4.80 Å². The van der Waals surface area contributed by atoms with Crippen molar-refractivity contribution in [2.75, 3.05) is 26.3 Å². The lowest BCUT2D eigenvalue weighted by Gasteiger charge is -2.23. The summed E-state index contributed by atoms with van der Waals surface area (Å²) in [5.41, 5.74) is 0. The maximum atomic E-state index is 12.4. The van der Waals surface area contributed by atoms with Crippen LogP contribution in [0.5, 0.6) is 5.75 Å². The van der Waals surface area contributed by atoms with Crippen molar-refractivity contribution in [3.63, 3.8) is 0 Å². The standard InChI is InChI=1S/C17H23N5O3/c1-2-21(10-14-8-9-24-12-14)17(23)11-22-19-16(18-20-22)13-25-15-6-4-3-5-7-15/h3-7,14H,2,8-13H2,1H3. The van der Waals surface area contributed by atoms with Crippen LogP contribution >= 0.6 is 0 Å². The molecule has 0 radical (unpaired) electrons. The number of hydrogen-bond donors (Lipinski definition) is 0. The van der Waals surface area contributed by atoms with Gasteiger partial charge in [-0.1, -0.05) is 18.2 Å². The van der Waals surface area contributed by atoms with E-state index in [-0.39, 0.29) is 19.1 Å². The van der Waals surface area contributed by atoms with E-state index in [1.807, 2.05) is 42.2 Å². The third-order valence-corrected chi connectivity index (χ3v) is 4.12. The van der Waals surface area contributed by atoms with Crippen LogP contribution in [0.15, 0.2) is 30.3 Å². The topological polar surface area (TPSA) is 82.4 Å². The molecular formula is C17H23N5O3. The predicted molar refractivity (Wildman–Crippen MR) is 89.8 cm³/mol. The highest BCUT2D eigenvalue weighted by Gasteiger charge is 2.22. The van der Waals surface area contributed by atoms with Gasteiger partial charge >= 0.3 is 0 Å². The Kier molecular flexibility index (Phi) is 5.95. The molecule has 1 unspecified atom stereocenters. The second kappa shape index (κ2) is 8.57. The molecule has 1 fully saturated rings. The van der Waals surface area contributed by atoms with Crippen molar-refractivity contribution in [2.24, 2.45) is 5.92 Å². The van der Waals surface area contributed by atoms with Crippen LogP contribution in [0.25, 0.3) is 0 Å². The van der Waals surface area contributed by atoms with Gasteiger partial charge in [-0.05, 0) is 30.7 Å². The lowest BCUT2D eigenvalue weighted by Crippen LogP contribution is -2.38. The molecular weight excluding hydrogens is 322 g/mol. The molecule has 25 heavy (non-hydrogen) atoms. The molecule has 134 valence electrons. The van der Waals surface area contributed by atoms with E-state index in [4.69, 9.17) is 9.47 Å². The molecule has 1 aliphatic heterocycles. The summed E-state index contributed by atoms with van der Waals surface area (Å²) in [6.45, 7) is 5.16. The van der Waals surface area contributed by atoms with Crippen LogP contribution in [0.1, 0.15) is 19.2 Å². The zero-order valence-electron chi connectivity index (χ0n) is 14.4. The molecule has 8 heteroatoms. The van der Waals surface area contributed by atoms with E-state index in [1.54, 1.807) is 0 Å². The average Bonchev–Trinajstić information content (AvgIpc) is 3.30. The Bertz CT molecular complexity index is 670. The Morgan fingerprint density at radius 3 is 2.96 bits per heavy atom. The Morgan fingerprint density at radius 1 is 1.40 bits per heavy atom. The van der Waals surface area contributed by atoms with Crippen LogP contribution in [0.4, 0.5) is 0 Å². The number of rotatable bonds is 8. The van der Waals surface area contributed by atoms with E-state index < -0.39 is 0 Å². The molecule has 2 heterocycles. The number of likely N-dealkylation sites (N-methyl/N-ethyl adjacent to an activating group) is 1. The van der Waals surface area contributed by atoms with Crippen molar-refractivity contribution in [2.45, 2.75) is 26.5 Å². The largest absolute Gasteiger partial charge is 0.485 e. The van der Waals surface area contributed by atoms with Gasteiger partial charge < -0.3 is 14.4 Å². The highest BCUT2D eigenvalue weighted by Crippen LogP contribution is 2.14. The quantitative estimate of drug-likeness (QED) is 0.713. The van der Waals surface area contributed by atoms with Crippen LogP contribution in [-0.2, 0) is 22.7 Å². The Morgan fingerprint density at radius 2 is 2.24 bits per heavy atom. The lowest BCUT2D eigenvalue weighted by atomic mass is 10.1. The zero-order chi connectivity index (χ0) is 17.5. The number of aromatic nitrogens is 4. The molecule has 0 aliphatic carbocycles. The minimum atomic E-state index is -0.0117. The highest BCUT2D eigenvalue weighted by molar-refractivity contribution is 5.75. The monoisotopic (exact) mass is 345 g/mol. The van der Waals surface area contributed by atoms with Gasteiger partial charge in [-0.15, -0.1) is 10.2 Å². The van der Waals surface area contributed by atoms with Crippen molar-refractivity contribution in [3.05, 3.63) is 36.2 Å². The number of carbonyl (C=O) groups is 1.